The van der Waals surface area contributed by atoms with Crippen LogP contribution in [0.4, 0.5) is 4.39 Å². The second kappa shape index (κ2) is 6.03. The number of hydrogen-bond donors (Lipinski definition) is 1. The average Bonchev–Trinajstić information content (AvgIpc) is 2.90. The van der Waals surface area contributed by atoms with Crippen molar-refractivity contribution in [2.45, 2.75) is 49.1 Å². The number of nitrogens with zero attached hydrogens (tertiary/aromatic N) is 1. The molecule has 0 radical (unpaired) electrons. The minimum Gasteiger partial charge on any atom is -0.480 e. The number of benzene rings is 1. The van der Waals surface area contributed by atoms with Crippen molar-refractivity contribution in [1.82, 2.24) is 4.31 Å². The Morgan fingerprint density at radius 1 is 1.30 bits per heavy atom. The van der Waals surface area contributed by atoms with Crippen LogP contribution in [0.2, 0.25) is 5.02 Å². The van der Waals surface area contributed by atoms with Crippen molar-refractivity contribution in [2.24, 2.45) is 5.92 Å². The number of rotatable bonds is 3. The fourth-order valence-corrected chi connectivity index (χ4v) is 5.96. The normalized spacial score (nSPS) is 28.5. The van der Waals surface area contributed by atoms with Crippen molar-refractivity contribution in [1.29, 1.82) is 0 Å². The lowest BCUT2D eigenvalue weighted by atomic mass is 9.85. The zero-order valence-electron chi connectivity index (χ0n) is 12.3. The van der Waals surface area contributed by atoms with E-state index in [1.165, 1.54) is 6.07 Å². The van der Waals surface area contributed by atoms with E-state index in [9.17, 15) is 22.7 Å². The summed E-state index contributed by atoms with van der Waals surface area (Å²) in [7, 11) is -4.26. The van der Waals surface area contributed by atoms with E-state index in [2.05, 4.69) is 0 Å². The molecule has 0 spiro atoms. The van der Waals surface area contributed by atoms with Crippen LogP contribution in [0.3, 0.4) is 0 Å². The van der Waals surface area contributed by atoms with Crippen LogP contribution in [0.25, 0.3) is 0 Å². The fourth-order valence-electron chi connectivity index (χ4n) is 3.76. The molecule has 126 valence electrons. The monoisotopic (exact) mass is 361 g/mol. The number of carbonyl (C=O) groups is 1. The second-order valence-corrected chi connectivity index (χ2v) is 8.36. The first-order chi connectivity index (χ1) is 10.8. The highest BCUT2D eigenvalue weighted by atomic mass is 35.5. The number of carboxylic acids is 1. The van der Waals surface area contributed by atoms with Gasteiger partial charge in [0.05, 0.1) is 0 Å². The number of carboxylic acid groups (broad SMARTS) is 1. The van der Waals surface area contributed by atoms with Gasteiger partial charge in [-0.25, -0.2) is 12.8 Å². The van der Waals surface area contributed by atoms with Crippen LogP contribution < -0.4 is 0 Å². The quantitative estimate of drug-likeness (QED) is 0.898. The lowest BCUT2D eigenvalue weighted by Gasteiger charge is -2.32. The molecule has 23 heavy (non-hydrogen) atoms. The molecule has 1 heterocycles. The van der Waals surface area contributed by atoms with Gasteiger partial charge in [0, 0.05) is 11.1 Å². The van der Waals surface area contributed by atoms with E-state index in [4.69, 9.17) is 11.6 Å². The molecule has 0 bridgehead atoms. The number of sulfonamides is 1. The zero-order valence-corrected chi connectivity index (χ0v) is 13.9. The molecule has 3 rings (SSSR count). The van der Waals surface area contributed by atoms with Gasteiger partial charge < -0.3 is 5.11 Å². The maximum Gasteiger partial charge on any atom is 0.322 e. The molecule has 2 fully saturated rings. The van der Waals surface area contributed by atoms with Gasteiger partial charge in [0.15, 0.2) is 0 Å². The summed E-state index contributed by atoms with van der Waals surface area (Å²) in [4.78, 5) is 11.0. The molecule has 0 amide bonds. The second-order valence-electron chi connectivity index (χ2n) is 6.11. The highest BCUT2D eigenvalue weighted by Gasteiger charge is 2.51. The maximum absolute atomic E-state index is 14.1. The van der Waals surface area contributed by atoms with Crippen molar-refractivity contribution >= 4 is 27.6 Å². The zero-order chi connectivity index (χ0) is 16.8. The van der Waals surface area contributed by atoms with E-state index in [0.29, 0.717) is 6.42 Å². The predicted molar refractivity (Wildman–Crippen MR) is 82.2 cm³/mol. The number of hydrogen-bond acceptors (Lipinski definition) is 3. The largest absolute Gasteiger partial charge is 0.480 e. The first-order valence-electron chi connectivity index (χ1n) is 7.54. The van der Waals surface area contributed by atoms with Gasteiger partial charge in [-0.3, -0.25) is 4.79 Å². The lowest BCUT2D eigenvalue weighted by Crippen LogP contribution is -2.46. The van der Waals surface area contributed by atoms with Crippen molar-refractivity contribution in [3.8, 4) is 0 Å². The van der Waals surface area contributed by atoms with E-state index >= 15 is 0 Å². The van der Waals surface area contributed by atoms with Crippen molar-refractivity contribution in [3.05, 3.63) is 29.0 Å². The number of aliphatic carboxylic acids is 1. The van der Waals surface area contributed by atoms with Crippen LogP contribution in [0, 0.1) is 11.7 Å². The molecule has 1 saturated heterocycles. The van der Waals surface area contributed by atoms with Gasteiger partial charge in [-0.15, -0.1) is 0 Å². The smallest absolute Gasteiger partial charge is 0.322 e. The minimum atomic E-state index is -4.26. The first-order valence-corrected chi connectivity index (χ1v) is 9.35. The molecular weight excluding hydrogens is 345 g/mol. The Balaban J connectivity index is 2.08. The standard InChI is InChI=1S/C15H17ClFNO4S/c16-10-5-6-11(17)14(8-10)23(21,22)18-12-4-2-1-3-9(12)7-13(18)15(19)20/h5-6,8-9,12-13H,1-4,7H2,(H,19,20). The summed E-state index contributed by atoms with van der Waals surface area (Å²) in [5.74, 6) is -2.09. The predicted octanol–water partition coefficient (Wildman–Crippen LogP) is 2.89. The summed E-state index contributed by atoms with van der Waals surface area (Å²) in [6.07, 6.45) is 3.50. The van der Waals surface area contributed by atoms with Crippen LogP contribution in [-0.2, 0) is 14.8 Å². The van der Waals surface area contributed by atoms with Crippen LogP contribution >= 0.6 is 11.6 Å². The lowest BCUT2D eigenvalue weighted by molar-refractivity contribution is -0.141. The third-order valence-corrected chi connectivity index (χ3v) is 6.95. The van der Waals surface area contributed by atoms with E-state index in [-0.39, 0.29) is 23.4 Å². The molecule has 3 unspecified atom stereocenters. The summed E-state index contributed by atoms with van der Waals surface area (Å²) in [5.41, 5.74) is 0. The third-order valence-electron chi connectivity index (χ3n) is 4.76. The first kappa shape index (κ1) is 16.7. The highest BCUT2D eigenvalue weighted by molar-refractivity contribution is 7.89. The van der Waals surface area contributed by atoms with E-state index in [1.807, 2.05) is 0 Å². The summed E-state index contributed by atoms with van der Waals surface area (Å²) < 4.78 is 40.9. The molecule has 1 N–H and O–H groups in total. The molecule has 1 aromatic rings. The minimum absolute atomic E-state index is 0.0156. The van der Waals surface area contributed by atoms with E-state index < -0.39 is 32.7 Å². The maximum atomic E-state index is 14.1. The van der Waals surface area contributed by atoms with Crippen molar-refractivity contribution < 1.29 is 22.7 Å². The Bertz CT molecular complexity index is 739. The number of halogens is 2. The van der Waals surface area contributed by atoms with Gasteiger partial charge in [-0.05, 0) is 43.4 Å². The molecule has 2 aliphatic rings. The topological polar surface area (TPSA) is 74.7 Å². The van der Waals surface area contributed by atoms with Crippen molar-refractivity contribution in [2.75, 3.05) is 0 Å². The van der Waals surface area contributed by atoms with Crippen LogP contribution in [0.1, 0.15) is 32.1 Å². The van der Waals surface area contributed by atoms with Gasteiger partial charge >= 0.3 is 5.97 Å². The van der Waals surface area contributed by atoms with Gasteiger partial charge in [0.1, 0.15) is 16.8 Å². The Morgan fingerprint density at radius 3 is 2.70 bits per heavy atom. The Morgan fingerprint density at radius 2 is 2.00 bits per heavy atom. The van der Waals surface area contributed by atoms with E-state index in [1.54, 1.807) is 0 Å². The van der Waals surface area contributed by atoms with Crippen LogP contribution in [-0.4, -0.2) is 35.9 Å². The summed E-state index contributed by atoms with van der Waals surface area (Å²) in [6, 6.07) is 1.76. The summed E-state index contributed by atoms with van der Waals surface area (Å²) in [5, 5.41) is 9.53. The highest BCUT2D eigenvalue weighted by Crippen LogP contribution is 2.43. The molecule has 3 atom stereocenters. The molecule has 1 aliphatic carbocycles. The van der Waals surface area contributed by atoms with Crippen molar-refractivity contribution in [3.63, 3.8) is 0 Å². The average molecular weight is 362 g/mol. The third kappa shape index (κ3) is 2.86. The fraction of sp³-hybridized carbons (Fsp3) is 0.533. The van der Waals surface area contributed by atoms with Crippen LogP contribution in [0.5, 0.6) is 0 Å². The van der Waals surface area contributed by atoms with Gasteiger partial charge in [0.25, 0.3) is 0 Å². The molecule has 8 heteroatoms. The van der Waals surface area contributed by atoms with Gasteiger partial charge in [-0.2, -0.15) is 4.31 Å². The molecule has 1 aromatic carbocycles. The Labute approximate surface area is 139 Å². The summed E-state index contributed by atoms with van der Waals surface area (Å²) in [6.45, 7) is 0. The van der Waals surface area contributed by atoms with E-state index in [0.717, 1.165) is 35.7 Å². The number of fused-ring (bicyclic) bond motifs is 1. The molecule has 0 aromatic heterocycles. The SMILES string of the molecule is O=C(O)C1CC2CCCCC2N1S(=O)(=O)c1cc(Cl)ccc1F. The van der Waals surface area contributed by atoms with Gasteiger partial charge in [-0.1, -0.05) is 24.4 Å². The molecule has 1 aliphatic heterocycles. The van der Waals surface area contributed by atoms with Gasteiger partial charge in [0.2, 0.25) is 10.0 Å². The molecular formula is C15H17ClFNO4S. The Hall–Kier alpha value is -1.18. The van der Waals surface area contributed by atoms with Crippen LogP contribution in [0.15, 0.2) is 23.1 Å². The summed E-state index contributed by atoms with van der Waals surface area (Å²) >= 11 is 5.80. The Kier molecular flexibility index (Phi) is 4.37. The molecule has 5 nitrogen and oxygen atoms in total. The molecule has 1 saturated carbocycles.